The summed E-state index contributed by atoms with van der Waals surface area (Å²) in [6.45, 7) is 2.06. The molecule has 2 aliphatic heterocycles. The molecule has 0 spiro atoms. The fraction of sp³-hybridized carbons (Fsp3) is 0.136. The molecular formula is C44H36N2. The molecule has 0 radical (unpaired) electrons. The van der Waals surface area contributed by atoms with Crippen LogP contribution >= 0.6 is 0 Å². The number of hydrogen-bond acceptors (Lipinski definition) is 2. The van der Waals surface area contributed by atoms with Crippen molar-refractivity contribution in [3.05, 3.63) is 157 Å². The second kappa shape index (κ2) is 11.2. The Labute approximate surface area is 271 Å². The summed E-state index contributed by atoms with van der Waals surface area (Å²) < 4.78 is 0. The summed E-state index contributed by atoms with van der Waals surface area (Å²) >= 11 is 0. The highest BCUT2D eigenvalue weighted by molar-refractivity contribution is 6.22. The Kier molecular flexibility index (Phi) is 6.59. The molecule has 2 heteroatoms. The van der Waals surface area contributed by atoms with Gasteiger partial charge in [-0.1, -0.05) is 109 Å². The predicted molar refractivity (Wildman–Crippen MR) is 196 cm³/mol. The zero-order valence-corrected chi connectivity index (χ0v) is 26.0. The van der Waals surface area contributed by atoms with Gasteiger partial charge in [0.15, 0.2) is 0 Å². The Morgan fingerprint density at radius 3 is 1.26 bits per heavy atom. The van der Waals surface area contributed by atoms with E-state index in [2.05, 4.69) is 155 Å². The van der Waals surface area contributed by atoms with Gasteiger partial charge in [0.1, 0.15) is 0 Å². The van der Waals surface area contributed by atoms with E-state index in [0.717, 1.165) is 38.8 Å². The van der Waals surface area contributed by atoms with Crippen LogP contribution in [-0.2, 0) is 12.8 Å². The van der Waals surface area contributed by atoms with Crippen molar-refractivity contribution in [2.45, 2.75) is 25.7 Å². The van der Waals surface area contributed by atoms with E-state index >= 15 is 0 Å². The minimum absolute atomic E-state index is 1.03. The number of hydrogen-bond donors (Lipinski definition) is 0. The monoisotopic (exact) mass is 592 g/mol. The van der Waals surface area contributed by atoms with E-state index in [4.69, 9.17) is 0 Å². The highest BCUT2D eigenvalue weighted by atomic mass is 15.1. The summed E-state index contributed by atoms with van der Waals surface area (Å²) in [6, 6.07) is 54.2. The van der Waals surface area contributed by atoms with Gasteiger partial charge < -0.3 is 9.80 Å². The lowest BCUT2D eigenvalue weighted by atomic mass is 9.85. The summed E-state index contributed by atoms with van der Waals surface area (Å²) in [6.07, 6.45) is 4.60. The van der Waals surface area contributed by atoms with Crippen LogP contribution in [-0.4, -0.2) is 13.1 Å². The molecule has 46 heavy (non-hydrogen) atoms. The molecule has 0 fully saturated rings. The number of benzene rings is 7. The van der Waals surface area contributed by atoms with Gasteiger partial charge in [-0.3, -0.25) is 0 Å². The van der Waals surface area contributed by atoms with Crippen molar-refractivity contribution in [3.8, 4) is 22.3 Å². The van der Waals surface area contributed by atoms with E-state index in [1.54, 1.807) is 0 Å². The third-order valence-electron chi connectivity index (χ3n) is 10.1. The van der Waals surface area contributed by atoms with Gasteiger partial charge in [0.25, 0.3) is 0 Å². The molecule has 0 saturated heterocycles. The van der Waals surface area contributed by atoms with E-state index < -0.39 is 0 Å². The maximum Gasteiger partial charge on any atom is 0.0443 e. The quantitative estimate of drug-likeness (QED) is 0.188. The largest absolute Gasteiger partial charge is 0.341 e. The summed E-state index contributed by atoms with van der Waals surface area (Å²) in [5.74, 6) is 0. The Morgan fingerprint density at radius 1 is 0.370 bits per heavy atom. The molecule has 222 valence electrons. The molecular weight excluding hydrogens is 556 g/mol. The van der Waals surface area contributed by atoms with Crippen molar-refractivity contribution in [1.82, 2.24) is 0 Å². The molecule has 0 aromatic heterocycles. The van der Waals surface area contributed by atoms with Crippen LogP contribution in [0.2, 0.25) is 0 Å². The molecule has 0 saturated carbocycles. The molecule has 0 N–H and O–H groups in total. The van der Waals surface area contributed by atoms with Gasteiger partial charge in [-0.25, -0.2) is 0 Å². The van der Waals surface area contributed by atoms with E-state index in [1.807, 2.05) is 0 Å². The second-order valence-electron chi connectivity index (χ2n) is 12.7. The first kappa shape index (κ1) is 27.0. The maximum absolute atomic E-state index is 2.53. The Hall–Kier alpha value is -5.34. The summed E-state index contributed by atoms with van der Waals surface area (Å²) in [4.78, 5) is 5.06. The van der Waals surface area contributed by atoms with Crippen molar-refractivity contribution >= 4 is 44.3 Å². The molecule has 0 bridgehead atoms. The van der Waals surface area contributed by atoms with Gasteiger partial charge in [0.05, 0.1) is 0 Å². The van der Waals surface area contributed by atoms with E-state index in [-0.39, 0.29) is 0 Å². The summed E-state index contributed by atoms with van der Waals surface area (Å²) in [5, 5.41) is 5.19. The highest BCUT2D eigenvalue weighted by Crippen LogP contribution is 2.47. The summed E-state index contributed by atoms with van der Waals surface area (Å²) in [5.41, 5.74) is 13.2. The number of fused-ring (bicyclic) bond motifs is 4. The first-order chi connectivity index (χ1) is 22.8. The zero-order chi connectivity index (χ0) is 30.5. The normalized spacial score (nSPS) is 14.3. The van der Waals surface area contributed by atoms with E-state index in [1.165, 1.54) is 77.7 Å². The molecule has 0 aliphatic carbocycles. The standard InChI is InChI=1S/C44H36N2/c1-3-15-33(16-4-1)43-37-25-23-35(45-27-11-19-31-13-7-9-21-41(31)45)29-39(37)44(34-17-5-2-6-18-34)40-30-36(24-26-38(40)43)46-28-12-20-32-14-8-10-22-42(32)46/h1-10,13-18,21-26,29-30H,11-12,19-20,27-28H2. The number of rotatable bonds is 4. The second-order valence-corrected chi connectivity index (χ2v) is 12.7. The first-order valence-electron chi connectivity index (χ1n) is 16.7. The SMILES string of the molecule is c1ccc(-c2c3ccc(N4CCCc5ccccc54)cc3c(-c3ccccc3)c3cc(N4CCCc5ccccc54)ccc23)cc1. The van der Waals surface area contributed by atoms with Crippen molar-refractivity contribution in [1.29, 1.82) is 0 Å². The molecule has 7 aromatic rings. The molecule has 0 amide bonds. The van der Waals surface area contributed by atoms with E-state index in [9.17, 15) is 0 Å². The smallest absolute Gasteiger partial charge is 0.0443 e. The van der Waals surface area contributed by atoms with Crippen LogP contribution in [0.3, 0.4) is 0 Å². The molecule has 2 aliphatic rings. The molecule has 0 atom stereocenters. The maximum atomic E-state index is 2.53. The van der Waals surface area contributed by atoms with Crippen molar-refractivity contribution in [2.24, 2.45) is 0 Å². The van der Waals surface area contributed by atoms with Crippen molar-refractivity contribution in [2.75, 3.05) is 22.9 Å². The van der Waals surface area contributed by atoms with Gasteiger partial charge in [0, 0.05) is 35.8 Å². The zero-order valence-electron chi connectivity index (χ0n) is 26.0. The lowest BCUT2D eigenvalue weighted by Gasteiger charge is -2.32. The van der Waals surface area contributed by atoms with Gasteiger partial charge in [-0.2, -0.15) is 0 Å². The Balaban J connectivity index is 1.36. The lowest BCUT2D eigenvalue weighted by Crippen LogP contribution is -2.24. The van der Waals surface area contributed by atoms with Gasteiger partial charge >= 0.3 is 0 Å². The Morgan fingerprint density at radius 2 is 0.783 bits per heavy atom. The summed E-state index contributed by atoms with van der Waals surface area (Å²) in [7, 11) is 0. The van der Waals surface area contributed by atoms with Gasteiger partial charge in [0.2, 0.25) is 0 Å². The number of nitrogens with zero attached hydrogens (tertiary/aromatic N) is 2. The molecule has 7 aromatic carbocycles. The highest BCUT2D eigenvalue weighted by Gasteiger charge is 2.23. The average Bonchev–Trinajstić information content (AvgIpc) is 3.13. The molecule has 9 rings (SSSR count). The minimum atomic E-state index is 1.03. The molecule has 2 heterocycles. The lowest BCUT2D eigenvalue weighted by molar-refractivity contribution is 0.767. The number of anilines is 4. The fourth-order valence-electron chi connectivity index (χ4n) is 7.98. The third-order valence-corrected chi connectivity index (χ3v) is 10.1. The van der Waals surface area contributed by atoms with Crippen LogP contribution in [0.15, 0.2) is 146 Å². The van der Waals surface area contributed by atoms with Crippen molar-refractivity contribution < 1.29 is 0 Å². The number of para-hydroxylation sites is 2. The first-order valence-corrected chi connectivity index (χ1v) is 16.7. The van der Waals surface area contributed by atoms with Crippen LogP contribution < -0.4 is 9.80 Å². The predicted octanol–water partition coefficient (Wildman–Crippen LogP) is 11.5. The van der Waals surface area contributed by atoms with Gasteiger partial charge in [-0.05, 0) is 117 Å². The van der Waals surface area contributed by atoms with Crippen LogP contribution in [0.1, 0.15) is 24.0 Å². The van der Waals surface area contributed by atoms with Crippen LogP contribution in [0, 0.1) is 0 Å². The van der Waals surface area contributed by atoms with Crippen molar-refractivity contribution in [3.63, 3.8) is 0 Å². The Bertz CT molecular complexity index is 2100. The molecule has 0 unspecified atom stereocenters. The van der Waals surface area contributed by atoms with Crippen LogP contribution in [0.4, 0.5) is 22.7 Å². The fourth-order valence-corrected chi connectivity index (χ4v) is 7.98. The topological polar surface area (TPSA) is 6.48 Å². The minimum Gasteiger partial charge on any atom is -0.341 e. The third kappa shape index (κ3) is 4.48. The molecule has 2 nitrogen and oxygen atoms in total. The average molecular weight is 593 g/mol. The number of aryl methyl sites for hydroxylation is 2. The van der Waals surface area contributed by atoms with Gasteiger partial charge in [-0.15, -0.1) is 0 Å². The van der Waals surface area contributed by atoms with E-state index in [0.29, 0.717) is 0 Å². The van der Waals surface area contributed by atoms with Crippen LogP contribution in [0.5, 0.6) is 0 Å². The van der Waals surface area contributed by atoms with Crippen LogP contribution in [0.25, 0.3) is 43.8 Å².